The van der Waals surface area contributed by atoms with Gasteiger partial charge in [-0.2, -0.15) is 8.42 Å². The minimum Gasteiger partial charge on any atom is -0.246 e. The van der Waals surface area contributed by atoms with Crippen molar-refractivity contribution in [1.82, 2.24) is 0 Å². The van der Waals surface area contributed by atoms with Crippen LogP contribution in [0.25, 0.3) is 0 Å². The van der Waals surface area contributed by atoms with E-state index in [1.807, 2.05) is 0 Å². The quantitative estimate of drug-likeness (QED) is 0.575. The summed E-state index contributed by atoms with van der Waals surface area (Å²) in [5.41, 5.74) is 0. The van der Waals surface area contributed by atoms with Gasteiger partial charge in [-0.1, -0.05) is 43.6 Å². The van der Waals surface area contributed by atoms with Gasteiger partial charge in [0.15, 0.2) is 0 Å². The third-order valence-electron chi connectivity index (χ3n) is 1.73. The summed E-state index contributed by atoms with van der Waals surface area (Å²) in [7, 11) is -4.47. The summed E-state index contributed by atoms with van der Waals surface area (Å²) in [4.78, 5) is 0. The van der Waals surface area contributed by atoms with Crippen LogP contribution in [0.4, 0.5) is 0 Å². The Morgan fingerprint density at radius 1 is 1.00 bits per heavy atom. The van der Waals surface area contributed by atoms with Gasteiger partial charge in [-0.05, 0) is 6.42 Å². The van der Waals surface area contributed by atoms with Crippen LogP contribution in [-0.4, -0.2) is 15.0 Å². The Kier molecular flexibility index (Phi) is 7.22. The van der Waals surface area contributed by atoms with Gasteiger partial charge in [0.05, 0.1) is 6.61 Å². The van der Waals surface area contributed by atoms with E-state index in [9.17, 15) is 13.0 Å². The number of unbranched alkanes of at least 4 members (excludes halogenated alkanes) is 5. The maximum Gasteiger partial charge on any atom is 0.427 e. The van der Waals surface area contributed by atoms with Crippen LogP contribution < -0.4 is 0 Å². The molecule has 1 radical (unpaired) electrons. The number of rotatable bonds is 8. The Morgan fingerprint density at radius 2 is 1.54 bits per heavy atom. The highest BCUT2D eigenvalue weighted by atomic mass is 32.3. The number of hydrogen-bond acceptors (Lipinski definition) is 3. The summed E-state index contributed by atoms with van der Waals surface area (Å²) < 4.78 is 34.0. The Hall–Kier alpha value is -0.130. The van der Waals surface area contributed by atoms with Crippen molar-refractivity contribution < 1.29 is 17.2 Å². The minimum absolute atomic E-state index is 0.0258. The molecule has 0 aliphatic heterocycles. The molecule has 0 aliphatic rings. The molecule has 13 heavy (non-hydrogen) atoms. The molecule has 0 unspecified atom stereocenters. The molecule has 0 aromatic rings. The lowest BCUT2D eigenvalue weighted by Gasteiger charge is -1.99. The Bertz CT molecular complexity index is 198. The monoisotopic (exact) mass is 209 g/mol. The van der Waals surface area contributed by atoms with Gasteiger partial charge < -0.3 is 0 Å². The summed E-state index contributed by atoms with van der Waals surface area (Å²) in [6.07, 6.45) is 6.21. The first-order valence-electron chi connectivity index (χ1n) is 4.66. The van der Waals surface area contributed by atoms with Gasteiger partial charge in [-0.15, -0.1) is 0 Å². The highest BCUT2D eigenvalue weighted by molar-refractivity contribution is 7.80. The summed E-state index contributed by atoms with van der Waals surface area (Å²) >= 11 is 0. The van der Waals surface area contributed by atoms with E-state index in [1.54, 1.807) is 0 Å². The fourth-order valence-corrected chi connectivity index (χ4v) is 1.37. The van der Waals surface area contributed by atoms with Gasteiger partial charge in [0, 0.05) is 0 Å². The second-order valence-corrected chi connectivity index (χ2v) is 4.05. The first-order chi connectivity index (χ1) is 6.06. The van der Waals surface area contributed by atoms with E-state index < -0.39 is 10.4 Å². The normalized spacial score (nSPS) is 11.8. The van der Waals surface area contributed by atoms with E-state index in [2.05, 4.69) is 11.1 Å². The molecular weight excluding hydrogens is 192 g/mol. The summed E-state index contributed by atoms with van der Waals surface area (Å²) in [5, 5.41) is 0. The maximum absolute atomic E-state index is 9.99. The molecule has 0 aliphatic carbocycles. The van der Waals surface area contributed by atoms with E-state index in [1.165, 1.54) is 19.3 Å². The second kappa shape index (κ2) is 7.29. The molecule has 0 atom stereocenters. The molecule has 0 amide bonds. The first-order valence-corrected chi connectivity index (χ1v) is 6.00. The Labute approximate surface area is 80.2 Å². The van der Waals surface area contributed by atoms with Crippen molar-refractivity contribution in [1.29, 1.82) is 0 Å². The molecule has 0 fully saturated rings. The van der Waals surface area contributed by atoms with Gasteiger partial charge in [-0.25, -0.2) is 4.18 Å². The molecule has 0 bridgehead atoms. The van der Waals surface area contributed by atoms with E-state index in [4.69, 9.17) is 0 Å². The molecule has 0 aromatic carbocycles. The average molecular weight is 209 g/mol. The lowest BCUT2D eigenvalue weighted by molar-refractivity contribution is 0.238. The van der Waals surface area contributed by atoms with Crippen molar-refractivity contribution in [2.75, 3.05) is 6.61 Å². The number of hydrogen-bond donors (Lipinski definition) is 0. The predicted octanol–water partition coefficient (Wildman–Crippen LogP) is 2.04. The highest BCUT2D eigenvalue weighted by Gasteiger charge is 2.04. The molecule has 5 heteroatoms. The van der Waals surface area contributed by atoms with Crippen LogP contribution in [0.1, 0.15) is 45.4 Å². The zero-order chi connectivity index (χ0) is 10.2. The van der Waals surface area contributed by atoms with Crippen molar-refractivity contribution >= 4 is 10.4 Å². The van der Waals surface area contributed by atoms with Gasteiger partial charge >= 0.3 is 10.4 Å². The summed E-state index contributed by atoms with van der Waals surface area (Å²) in [6, 6.07) is 0. The molecule has 0 heterocycles. The van der Waals surface area contributed by atoms with Crippen LogP contribution in [0.2, 0.25) is 0 Å². The fraction of sp³-hybridized carbons (Fsp3) is 1.00. The summed E-state index contributed by atoms with van der Waals surface area (Å²) in [6.45, 7) is 2.16. The summed E-state index contributed by atoms with van der Waals surface area (Å²) in [5.74, 6) is 0. The smallest absolute Gasteiger partial charge is 0.246 e. The predicted molar refractivity (Wildman–Crippen MR) is 48.9 cm³/mol. The molecule has 4 nitrogen and oxygen atoms in total. The van der Waals surface area contributed by atoms with Gasteiger partial charge in [0.1, 0.15) is 0 Å². The van der Waals surface area contributed by atoms with E-state index in [0.29, 0.717) is 6.42 Å². The Balaban J connectivity index is 3.09. The highest BCUT2D eigenvalue weighted by Crippen LogP contribution is 2.05. The van der Waals surface area contributed by atoms with Crippen LogP contribution in [-0.2, 0) is 19.1 Å². The SMILES string of the molecule is CCCCCCCCOS([O])(=O)=O. The van der Waals surface area contributed by atoms with Crippen molar-refractivity contribution in [2.45, 2.75) is 45.4 Å². The van der Waals surface area contributed by atoms with Crippen LogP contribution in [0.5, 0.6) is 0 Å². The molecule has 0 aromatic heterocycles. The molecule has 0 saturated heterocycles. The first kappa shape index (κ1) is 12.9. The zero-order valence-corrected chi connectivity index (χ0v) is 8.81. The fourth-order valence-electron chi connectivity index (χ4n) is 1.04. The molecule has 0 saturated carbocycles. The van der Waals surface area contributed by atoms with Crippen molar-refractivity contribution in [3.63, 3.8) is 0 Å². The zero-order valence-electron chi connectivity index (χ0n) is 7.99. The van der Waals surface area contributed by atoms with Crippen LogP contribution in [0, 0.1) is 0 Å². The van der Waals surface area contributed by atoms with Crippen LogP contribution >= 0.6 is 0 Å². The van der Waals surface area contributed by atoms with Crippen molar-refractivity contribution in [3.05, 3.63) is 0 Å². The minimum atomic E-state index is -4.47. The second-order valence-electron chi connectivity index (χ2n) is 3.00. The van der Waals surface area contributed by atoms with E-state index >= 15 is 0 Å². The third kappa shape index (κ3) is 11.9. The lowest BCUT2D eigenvalue weighted by Crippen LogP contribution is -2.03. The standard InChI is InChI=1S/C8H17O4S/c1-2-3-4-5-6-7-8-12-13(9,10)11/h2-8H2,1H3. The molecule has 0 rings (SSSR count). The van der Waals surface area contributed by atoms with Gasteiger partial charge in [0.25, 0.3) is 0 Å². The van der Waals surface area contributed by atoms with Crippen molar-refractivity contribution in [3.8, 4) is 0 Å². The molecule has 79 valence electrons. The van der Waals surface area contributed by atoms with Gasteiger partial charge in [0.2, 0.25) is 0 Å². The molecular formula is C8H17O4S. The molecule has 0 N–H and O–H groups in total. The Morgan fingerprint density at radius 3 is 2.08 bits per heavy atom. The average Bonchev–Trinajstić information content (AvgIpc) is 2.01. The third-order valence-corrected chi connectivity index (χ3v) is 2.18. The molecule has 0 spiro atoms. The largest absolute Gasteiger partial charge is 0.427 e. The topological polar surface area (TPSA) is 63.3 Å². The van der Waals surface area contributed by atoms with Crippen LogP contribution in [0.3, 0.4) is 0 Å². The van der Waals surface area contributed by atoms with Crippen molar-refractivity contribution in [2.24, 2.45) is 0 Å². The van der Waals surface area contributed by atoms with Gasteiger partial charge in [-0.3, -0.25) is 0 Å². The van der Waals surface area contributed by atoms with E-state index in [-0.39, 0.29) is 6.61 Å². The lowest BCUT2D eigenvalue weighted by atomic mass is 10.1. The van der Waals surface area contributed by atoms with E-state index in [0.717, 1.165) is 12.8 Å². The van der Waals surface area contributed by atoms with Crippen LogP contribution in [0.15, 0.2) is 0 Å². The maximum atomic E-state index is 9.99.